The quantitative estimate of drug-likeness (QED) is 0.265. The van der Waals surface area contributed by atoms with Crippen LogP contribution in [0.15, 0.2) is 42.5 Å². The number of hydrogen-bond donors (Lipinski definition) is 1. The van der Waals surface area contributed by atoms with Crippen LogP contribution < -0.4 is 9.47 Å². The van der Waals surface area contributed by atoms with E-state index in [9.17, 15) is 9.90 Å². The Kier molecular flexibility index (Phi) is 9.99. The van der Waals surface area contributed by atoms with Gasteiger partial charge in [-0.25, -0.2) is 4.39 Å². The lowest BCUT2D eigenvalue weighted by atomic mass is 9.68. The van der Waals surface area contributed by atoms with E-state index in [1.807, 2.05) is 32.1 Å². The highest BCUT2D eigenvalue weighted by molar-refractivity contribution is 5.80. The number of esters is 1. The molecule has 212 valence electrons. The Hall–Kier alpha value is -2.94. The van der Waals surface area contributed by atoms with Gasteiger partial charge in [-0.2, -0.15) is 0 Å². The molecule has 2 unspecified atom stereocenters. The number of aliphatic hydroxyl groups is 1. The van der Waals surface area contributed by atoms with E-state index in [1.54, 1.807) is 25.1 Å². The minimum atomic E-state index is -1.24. The van der Waals surface area contributed by atoms with Crippen LogP contribution in [0.1, 0.15) is 75.7 Å². The van der Waals surface area contributed by atoms with Crippen molar-refractivity contribution in [1.82, 2.24) is 0 Å². The van der Waals surface area contributed by atoms with Gasteiger partial charge in [0.05, 0.1) is 26.2 Å². The Balaban J connectivity index is 1.57. The van der Waals surface area contributed by atoms with Crippen molar-refractivity contribution in [3.05, 3.63) is 65.0 Å². The summed E-state index contributed by atoms with van der Waals surface area (Å²) in [6.07, 6.45) is 4.25. The zero-order chi connectivity index (χ0) is 27.8. The van der Waals surface area contributed by atoms with Crippen LogP contribution in [0, 0.1) is 5.82 Å². The van der Waals surface area contributed by atoms with Crippen LogP contribution in [0.5, 0.6) is 11.5 Å². The second-order valence-electron chi connectivity index (χ2n) is 10.1. The smallest absolute Gasteiger partial charge is 0.306 e. The van der Waals surface area contributed by atoms with Crippen molar-refractivity contribution >= 4 is 11.5 Å². The van der Waals surface area contributed by atoms with Gasteiger partial charge < -0.3 is 28.8 Å². The molecule has 1 heterocycles. The molecule has 0 amide bonds. The summed E-state index contributed by atoms with van der Waals surface area (Å²) >= 11 is 0. The van der Waals surface area contributed by atoms with E-state index in [0.717, 1.165) is 32.3 Å². The SMILES string of the molecule is CCCOc1ccc(F)c2c1[C@@](C)(CC(=O)OCC)C=C(c1ccc(OCCOC3CCCCO3)cc1)C2O. The molecular formula is C31H39FO7. The van der Waals surface area contributed by atoms with Gasteiger partial charge in [-0.05, 0) is 68.0 Å². The lowest BCUT2D eigenvalue weighted by Crippen LogP contribution is -2.32. The molecule has 2 aromatic rings. The van der Waals surface area contributed by atoms with Crippen molar-refractivity contribution in [1.29, 1.82) is 0 Å². The number of carbonyl (C=O) groups is 1. The van der Waals surface area contributed by atoms with Crippen LogP contribution in [-0.4, -0.2) is 50.4 Å². The average Bonchev–Trinajstić information content (AvgIpc) is 2.93. The van der Waals surface area contributed by atoms with Crippen molar-refractivity contribution < 1.29 is 38.0 Å². The third-order valence-electron chi connectivity index (χ3n) is 7.03. The van der Waals surface area contributed by atoms with E-state index in [1.165, 1.54) is 6.07 Å². The normalized spacial score (nSPS) is 22.5. The van der Waals surface area contributed by atoms with Crippen LogP contribution in [0.2, 0.25) is 0 Å². The third kappa shape index (κ3) is 6.99. The largest absolute Gasteiger partial charge is 0.493 e. The van der Waals surface area contributed by atoms with Crippen LogP contribution in [0.3, 0.4) is 0 Å². The molecule has 2 aliphatic rings. The highest BCUT2D eigenvalue weighted by Gasteiger charge is 2.42. The standard InChI is InChI=1S/C31H39FO7/c1-4-15-37-25-14-13-24(32)28-29(25)31(3,20-26(33)35-5-2)19-23(30(28)34)21-9-11-22(12-10-21)36-17-18-39-27-8-6-7-16-38-27/h9-14,19,27,30,34H,4-8,15-18,20H2,1-3H3/t27?,30?,31-/m1/s1. The molecule has 0 radical (unpaired) electrons. The summed E-state index contributed by atoms with van der Waals surface area (Å²) in [5.41, 5.74) is 0.832. The second-order valence-corrected chi connectivity index (χ2v) is 10.1. The Morgan fingerprint density at radius 3 is 2.56 bits per heavy atom. The first kappa shape index (κ1) is 29.1. The summed E-state index contributed by atoms with van der Waals surface area (Å²) < 4.78 is 43.6. The summed E-state index contributed by atoms with van der Waals surface area (Å²) in [4.78, 5) is 12.6. The summed E-state index contributed by atoms with van der Waals surface area (Å²) in [5, 5.41) is 11.4. The van der Waals surface area contributed by atoms with Crippen molar-refractivity contribution in [2.75, 3.05) is 33.0 Å². The first-order valence-electron chi connectivity index (χ1n) is 13.8. The fraction of sp³-hybridized carbons (Fsp3) is 0.516. The molecule has 7 nitrogen and oxygen atoms in total. The number of halogens is 1. The van der Waals surface area contributed by atoms with E-state index >= 15 is 4.39 Å². The molecule has 39 heavy (non-hydrogen) atoms. The molecule has 2 aromatic carbocycles. The monoisotopic (exact) mass is 542 g/mol. The molecule has 1 aliphatic heterocycles. The van der Waals surface area contributed by atoms with Crippen molar-refractivity contribution in [2.24, 2.45) is 0 Å². The molecule has 8 heteroatoms. The third-order valence-corrected chi connectivity index (χ3v) is 7.03. The molecule has 1 fully saturated rings. The number of carbonyl (C=O) groups excluding carboxylic acids is 1. The highest BCUT2D eigenvalue weighted by Crippen LogP contribution is 2.50. The summed E-state index contributed by atoms with van der Waals surface area (Å²) in [6, 6.07) is 10.1. The van der Waals surface area contributed by atoms with Gasteiger partial charge in [-0.1, -0.05) is 32.1 Å². The molecule has 4 rings (SSSR count). The minimum absolute atomic E-state index is 0.0259. The number of fused-ring (bicyclic) bond motifs is 1. The van der Waals surface area contributed by atoms with Gasteiger partial charge in [-0.3, -0.25) is 4.79 Å². The first-order chi connectivity index (χ1) is 18.9. The number of ether oxygens (including phenoxy) is 5. The average molecular weight is 543 g/mol. The molecular weight excluding hydrogens is 503 g/mol. The van der Waals surface area contributed by atoms with Crippen LogP contribution in [0.4, 0.5) is 4.39 Å². The van der Waals surface area contributed by atoms with Gasteiger partial charge in [0.2, 0.25) is 0 Å². The van der Waals surface area contributed by atoms with Gasteiger partial charge in [0, 0.05) is 23.1 Å². The lowest BCUT2D eigenvalue weighted by Gasteiger charge is -2.37. The number of rotatable bonds is 12. The van der Waals surface area contributed by atoms with Gasteiger partial charge in [0.25, 0.3) is 0 Å². The molecule has 0 aromatic heterocycles. The Labute approximate surface area is 229 Å². The van der Waals surface area contributed by atoms with E-state index in [2.05, 4.69) is 0 Å². The topological polar surface area (TPSA) is 83.5 Å². The molecule has 3 atom stereocenters. The van der Waals surface area contributed by atoms with Gasteiger partial charge >= 0.3 is 5.97 Å². The first-order valence-corrected chi connectivity index (χ1v) is 13.8. The van der Waals surface area contributed by atoms with Gasteiger partial charge in [0.15, 0.2) is 6.29 Å². The van der Waals surface area contributed by atoms with Gasteiger partial charge in [-0.15, -0.1) is 0 Å². The molecule has 0 saturated carbocycles. The fourth-order valence-corrected chi connectivity index (χ4v) is 5.23. The maximum absolute atomic E-state index is 15.3. The number of aliphatic hydroxyl groups excluding tert-OH is 1. The fourth-order valence-electron chi connectivity index (χ4n) is 5.23. The predicted octanol–water partition coefficient (Wildman–Crippen LogP) is 5.88. The van der Waals surface area contributed by atoms with E-state index in [-0.39, 0.29) is 24.9 Å². The van der Waals surface area contributed by atoms with Crippen molar-refractivity contribution in [3.63, 3.8) is 0 Å². The van der Waals surface area contributed by atoms with Crippen molar-refractivity contribution in [2.45, 2.75) is 70.7 Å². The second kappa shape index (κ2) is 13.4. The van der Waals surface area contributed by atoms with Crippen LogP contribution >= 0.6 is 0 Å². The maximum Gasteiger partial charge on any atom is 0.306 e. The predicted molar refractivity (Wildman–Crippen MR) is 145 cm³/mol. The molecule has 1 aliphatic carbocycles. The summed E-state index contributed by atoms with van der Waals surface area (Å²) in [5.74, 6) is 0.144. The number of benzene rings is 2. The number of allylic oxidation sites excluding steroid dienone is 1. The van der Waals surface area contributed by atoms with E-state index < -0.39 is 23.3 Å². The Morgan fingerprint density at radius 1 is 1.08 bits per heavy atom. The molecule has 1 saturated heterocycles. The highest BCUT2D eigenvalue weighted by atomic mass is 19.1. The molecule has 0 bridgehead atoms. The van der Waals surface area contributed by atoms with Crippen LogP contribution in [0.25, 0.3) is 5.57 Å². The Bertz CT molecular complexity index is 1140. The lowest BCUT2D eigenvalue weighted by molar-refractivity contribution is -0.165. The van der Waals surface area contributed by atoms with Crippen LogP contribution in [-0.2, 0) is 24.4 Å². The maximum atomic E-state index is 15.3. The molecule has 0 spiro atoms. The van der Waals surface area contributed by atoms with E-state index in [0.29, 0.717) is 48.0 Å². The van der Waals surface area contributed by atoms with Gasteiger partial charge in [0.1, 0.15) is 30.0 Å². The summed E-state index contributed by atoms with van der Waals surface area (Å²) in [7, 11) is 0. The summed E-state index contributed by atoms with van der Waals surface area (Å²) in [6.45, 7) is 7.77. The Morgan fingerprint density at radius 2 is 1.87 bits per heavy atom. The van der Waals surface area contributed by atoms with Crippen molar-refractivity contribution in [3.8, 4) is 11.5 Å². The molecule has 1 N–H and O–H groups in total. The number of hydrogen-bond acceptors (Lipinski definition) is 7. The minimum Gasteiger partial charge on any atom is -0.493 e. The zero-order valence-electron chi connectivity index (χ0n) is 23.0. The zero-order valence-corrected chi connectivity index (χ0v) is 23.0. The van der Waals surface area contributed by atoms with E-state index in [4.69, 9.17) is 23.7 Å².